The summed E-state index contributed by atoms with van der Waals surface area (Å²) in [5, 5.41) is 3.77. The largest absolute Gasteiger partial charge is 0.382 e. The predicted octanol–water partition coefficient (Wildman–Crippen LogP) is 3.11. The fraction of sp³-hybridized carbons (Fsp3) is 0.571. The van der Waals surface area contributed by atoms with E-state index < -0.39 is 0 Å². The van der Waals surface area contributed by atoms with E-state index in [9.17, 15) is 0 Å². The van der Waals surface area contributed by atoms with E-state index in [0.717, 1.165) is 5.92 Å². The first-order valence-corrected chi connectivity index (χ1v) is 7.55. The summed E-state index contributed by atoms with van der Waals surface area (Å²) in [7, 11) is 0. The minimum atomic E-state index is 0.688. The molecule has 0 spiro atoms. The number of anilines is 1. The van der Waals surface area contributed by atoms with Gasteiger partial charge in [-0.15, -0.1) is 0 Å². The third-order valence-electron chi connectivity index (χ3n) is 4.16. The van der Waals surface area contributed by atoms with Crippen LogP contribution < -0.4 is 5.32 Å². The smallest absolute Gasteiger partial charge is 0.0372 e. The maximum absolute atomic E-state index is 3.77. The fourth-order valence-corrected chi connectivity index (χ4v) is 3.78. The molecule has 2 fully saturated rings. The van der Waals surface area contributed by atoms with E-state index in [2.05, 4.69) is 57.9 Å². The van der Waals surface area contributed by atoms with Crippen molar-refractivity contribution in [2.24, 2.45) is 5.92 Å². The summed E-state index contributed by atoms with van der Waals surface area (Å²) in [6, 6.07) is 7.37. The molecular weight excluding hydrogens is 323 g/mol. The van der Waals surface area contributed by atoms with E-state index in [-0.39, 0.29) is 0 Å². The first-order valence-electron chi connectivity index (χ1n) is 6.47. The van der Waals surface area contributed by atoms with Crippen molar-refractivity contribution >= 4 is 28.3 Å². The Balaban J connectivity index is 1.73. The van der Waals surface area contributed by atoms with Gasteiger partial charge < -0.3 is 10.2 Å². The van der Waals surface area contributed by atoms with Gasteiger partial charge in [0, 0.05) is 28.4 Å². The molecular formula is C14H19IN2. The maximum atomic E-state index is 3.77. The SMILES string of the molecule is Cc1cc(I)ccc1NC1CCN2CCC1C2. The summed E-state index contributed by atoms with van der Waals surface area (Å²) >= 11 is 2.38. The second-order valence-electron chi connectivity index (χ2n) is 5.35. The lowest BCUT2D eigenvalue weighted by molar-refractivity contribution is 0.255. The third-order valence-corrected chi connectivity index (χ3v) is 4.83. The van der Waals surface area contributed by atoms with Crippen LogP contribution in [0.5, 0.6) is 0 Å². The molecule has 2 saturated heterocycles. The fourth-order valence-electron chi connectivity index (χ4n) is 3.13. The van der Waals surface area contributed by atoms with Crippen LogP contribution in [0.25, 0.3) is 0 Å². The van der Waals surface area contributed by atoms with Gasteiger partial charge >= 0.3 is 0 Å². The minimum absolute atomic E-state index is 0.688. The molecule has 1 N–H and O–H groups in total. The first-order chi connectivity index (χ1) is 8.22. The molecule has 17 heavy (non-hydrogen) atoms. The Morgan fingerprint density at radius 1 is 1.29 bits per heavy atom. The van der Waals surface area contributed by atoms with Gasteiger partial charge in [0.1, 0.15) is 0 Å². The van der Waals surface area contributed by atoms with Gasteiger partial charge in [-0.05, 0) is 78.6 Å². The minimum Gasteiger partial charge on any atom is -0.382 e. The standard InChI is InChI=1S/C14H19IN2/c1-10-8-12(15)2-3-13(10)16-14-5-7-17-6-4-11(14)9-17/h2-3,8,11,14,16H,4-7,9H2,1H3. The normalized spacial score (nSPS) is 31.5. The molecule has 2 aliphatic heterocycles. The summed E-state index contributed by atoms with van der Waals surface area (Å²) in [6.45, 7) is 6.10. The number of halogens is 1. The lowest BCUT2D eigenvalue weighted by atomic mass is 9.93. The molecule has 92 valence electrons. The molecule has 2 bridgehead atoms. The van der Waals surface area contributed by atoms with Crippen molar-refractivity contribution in [1.29, 1.82) is 0 Å². The number of rotatable bonds is 2. The average Bonchev–Trinajstić information content (AvgIpc) is 2.69. The van der Waals surface area contributed by atoms with Crippen molar-refractivity contribution in [3.05, 3.63) is 27.3 Å². The number of aryl methyl sites for hydroxylation is 1. The van der Waals surface area contributed by atoms with Crippen molar-refractivity contribution in [2.45, 2.75) is 25.8 Å². The average molecular weight is 342 g/mol. The lowest BCUT2D eigenvalue weighted by Gasteiger charge is -2.32. The maximum Gasteiger partial charge on any atom is 0.0372 e. The number of benzene rings is 1. The molecule has 3 heteroatoms. The highest BCUT2D eigenvalue weighted by molar-refractivity contribution is 14.1. The Bertz CT molecular complexity index is 419. The molecule has 2 nitrogen and oxygen atoms in total. The van der Waals surface area contributed by atoms with Gasteiger partial charge in [-0.25, -0.2) is 0 Å². The van der Waals surface area contributed by atoms with E-state index in [1.807, 2.05) is 0 Å². The number of nitrogens with one attached hydrogen (secondary N) is 1. The van der Waals surface area contributed by atoms with Crippen molar-refractivity contribution < 1.29 is 0 Å². The third kappa shape index (κ3) is 2.45. The van der Waals surface area contributed by atoms with E-state index in [4.69, 9.17) is 0 Å². The van der Waals surface area contributed by atoms with Crippen LogP contribution in [0.15, 0.2) is 18.2 Å². The van der Waals surface area contributed by atoms with Crippen molar-refractivity contribution in [1.82, 2.24) is 4.90 Å². The lowest BCUT2D eigenvalue weighted by Crippen LogP contribution is -2.39. The van der Waals surface area contributed by atoms with Gasteiger partial charge in [-0.2, -0.15) is 0 Å². The zero-order valence-corrected chi connectivity index (χ0v) is 12.4. The number of piperidine rings is 1. The van der Waals surface area contributed by atoms with Crippen LogP contribution >= 0.6 is 22.6 Å². The van der Waals surface area contributed by atoms with Crippen LogP contribution in [0.3, 0.4) is 0 Å². The quantitative estimate of drug-likeness (QED) is 0.831. The van der Waals surface area contributed by atoms with Crippen LogP contribution in [-0.2, 0) is 0 Å². The molecule has 2 heterocycles. The Morgan fingerprint density at radius 2 is 2.12 bits per heavy atom. The molecule has 1 aromatic rings. The van der Waals surface area contributed by atoms with Gasteiger partial charge in [0.2, 0.25) is 0 Å². The van der Waals surface area contributed by atoms with Gasteiger partial charge in [0.05, 0.1) is 0 Å². The van der Waals surface area contributed by atoms with Crippen molar-refractivity contribution in [3.8, 4) is 0 Å². The predicted molar refractivity (Wildman–Crippen MR) is 80.5 cm³/mol. The van der Waals surface area contributed by atoms with Gasteiger partial charge in [-0.3, -0.25) is 0 Å². The Labute approximate surface area is 117 Å². The van der Waals surface area contributed by atoms with Crippen LogP contribution in [-0.4, -0.2) is 30.6 Å². The zero-order chi connectivity index (χ0) is 11.8. The van der Waals surface area contributed by atoms with Crippen molar-refractivity contribution in [3.63, 3.8) is 0 Å². The summed E-state index contributed by atoms with van der Waals surface area (Å²) < 4.78 is 1.32. The van der Waals surface area contributed by atoms with E-state index in [1.165, 1.54) is 47.3 Å². The molecule has 0 aromatic heterocycles. The number of hydrogen-bond acceptors (Lipinski definition) is 2. The molecule has 0 amide bonds. The molecule has 3 unspecified atom stereocenters. The molecule has 2 aliphatic rings. The molecule has 3 atom stereocenters. The highest BCUT2D eigenvalue weighted by Crippen LogP contribution is 2.30. The summed E-state index contributed by atoms with van der Waals surface area (Å²) in [6.07, 6.45) is 2.68. The second-order valence-corrected chi connectivity index (χ2v) is 6.59. The molecule has 0 radical (unpaired) electrons. The highest BCUT2D eigenvalue weighted by Gasteiger charge is 2.34. The monoisotopic (exact) mass is 342 g/mol. The number of fused-ring (bicyclic) bond motifs is 2. The first kappa shape index (κ1) is 11.8. The molecule has 1 aromatic carbocycles. The molecule has 0 saturated carbocycles. The van der Waals surface area contributed by atoms with E-state index in [0.29, 0.717) is 6.04 Å². The van der Waals surface area contributed by atoms with Gasteiger partial charge in [0.15, 0.2) is 0 Å². The van der Waals surface area contributed by atoms with Crippen LogP contribution in [0.4, 0.5) is 5.69 Å². The second kappa shape index (κ2) is 4.76. The highest BCUT2D eigenvalue weighted by atomic mass is 127. The number of hydrogen-bond donors (Lipinski definition) is 1. The van der Waals surface area contributed by atoms with Gasteiger partial charge in [0.25, 0.3) is 0 Å². The Kier molecular flexibility index (Phi) is 3.30. The number of nitrogens with zero attached hydrogens (tertiary/aromatic N) is 1. The van der Waals surface area contributed by atoms with Crippen LogP contribution in [0.1, 0.15) is 18.4 Å². The summed E-state index contributed by atoms with van der Waals surface area (Å²) in [5.74, 6) is 0.863. The zero-order valence-electron chi connectivity index (χ0n) is 10.2. The van der Waals surface area contributed by atoms with Gasteiger partial charge in [-0.1, -0.05) is 0 Å². The summed E-state index contributed by atoms with van der Waals surface area (Å²) in [5.41, 5.74) is 2.70. The van der Waals surface area contributed by atoms with Crippen LogP contribution in [0, 0.1) is 16.4 Å². The Hall–Kier alpha value is -0.290. The molecule has 0 aliphatic carbocycles. The topological polar surface area (TPSA) is 15.3 Å². The Morgan fingerprint density at radius 3 is 2.94 bits per heavy atom. The van der Waals surface area contributed by atoms with Crippen LogP contribution in [0.2, 0.25) is 0 Å². The van der Waals surface area contributed by atoms with Crippen molar-refractivity contribution in [2.75, 3.05) is 25.0 Å². The molecule has 3 rings (SSSR count). The van der Waals surface area contributed by atoms with E-state index in [1.54, 1.807) is 0 Å². The van der Waals surface area contributed by atoms with E-state index >= 15 is 0 Å². The summed E-state index contributed by atoms with van der Waals surface area (Å²) in [4.78, 5) is 2.60.